The summed E-state index contributed by atoms with van der Waals surface area (Å²) in [7, 11) is 0. The average Bonchev–Trinajstić information content (AvgIpc) is 2.48. The third kappa shape index (κ3) is 3.44. The first kappa shape index (κ1) is 15.1. The molecule has 21 heavy (non-hydrogen) atoms. The summed E-state index contributed by atoms with van der Waals surface area (Å²) in [5.41, 5.74) is 2.66. The van der Waals surface area contributed by atoms with E-state index in [0.717, 1.165) is 4.47 Å². The van der Waals surface area contributed by atoms with Crippen molar-refractivity contribution < 1.29 is 4.79 Å². The number of aromatic nitrogens is 2. The van der Waals surface area contributed by atoms with Crippen LogP contribution in [-0.2, 0) is 6.42 Å². The van der Waals surface area contributed by atoms with E-state index in [1.807, 2.05) is 6.92 Å². The summed E-state index contributed by atoms with van der Waals surface area (Å²) < 4.78 is 0.785. The molecule has 0 saturated carbocycles. The van der Waals surface area contributed by atoms with Crippen molar-refractivity contribution in [3.63, 3.8) is 0 Å². The third-order valence-electron chi connectivity index (χ3n) is 2.92. The minimum atomic E-state index is -0.288. The number of carbonyl (C=O) groups is 1. The van der Waals surface area contributed by atoms with Crippen LogP contribution in [0.2, 0.25) is 0 Å². The molecule has 106 valence electrons. The standard InChI is InChI=1S/C15H13BrN4O/c1-3-13-12(6-9(2)19-20-13)15(21)18-14-5-4-11(16)7-10(14)8-17/h4-7H,3H2,1-2H3,(H,18,21). The summed E-state index contributed by atoms with van der Waals surface area (Å²) in [6, 6.07) is 8.88. The quantitative estimate of drug-likeness (QED) is 0.926. The Morgan fingerprint density at radius 2 is 2.14 bits per heavy atom. The molecule has 1 amide bonds. The Balaban J connectivity index is 2.35. The zero-order chi connectivity index (χ0) is 15.4. The molecule has 0 spiro atoms. The Morgan fingerprint density at radius 3 is 2.81 bits per heavy atom. The molecule has 2 rings (SSSR count). The summed E-state index contributed by atoms with van der Waals surface area (Å²) in [6.45, 7) is 3.69. The van der Waals surface area contributed by atoms with Crippen LogP contribution in [0.5, 0.6) is 0 Å². The van der Waals surface area contributed by atoms with Crippen LogP contribution in [0.1, 0.15) is 34.2 Å². The first-order chi connectivity index (χ1) is 10.0. The molecule has 1 aromatic heterocycles. The van der Waals surface area contributed by atoms with Gasteiger partial charge in [-0.15, -0.1) is 0 Å². The van der Waals surface area contributed by atoms with Crippen LogP contribution in [0, 0.1) is 18.3 Å². The highest BCUT2D eigenvalue weighted by atomic mass is 79.9. The highest BCUT2D eigenvalue weighted by Gasteiger charge is 2.14. The minimum Gasteiger partial charge on any atom is -0.321 e. The Hall–Kier alpha value is -2.26. The van der Waals surface area contributed by atoms with Gasteiger partial charge in [0.25, 0.3) is 5.91 Å². The molecule has 2 aromatic rings. The Labute approximate surface area is 131 Å². The van der Waals surface area contributed by atoms with Crippen molar-refractivity contribution >= 4 is 27.5 Å². The van der Waals surface area contributed by atoms with Gasteiger partial charge in [0.05, 0.1) is 28.2 Å². The smallest absolute Gasteiger partial charge is 0.257 e. The monoisotopic (exact) mass is 344 g/mol. The van der Waals surface area contributed by atoms with Gasteiger partial charge in [-0.05, 0) is 37.6 Å². The van der Waals surface area contributed by atoms with Crippen LogP contribution < -0.4 is 5.32 Å². The summed E-state index contributed by atoms with van der Waals surface area (Å²) in [5.74, 6) is -0.288. The number of hydrogen-bond acceptors (Lipinski definition) is 4. The third-order valence-corrected chi connectivity index (χ3v) is 3.42. The number of rotatable bonds is 3. The molecule has 0 radical (unpaired) electrons. The highest BCUT2D eigenvalue weighted by molar-refractivity contribution is 9.10. The number of nitrogens with zero attached hydrogens (tertiary/aromatic N) is 3. The van der Waals surface area contributed by atoms with E-state index in [2.05, 4.69) is 37.5 Å². The van der Waals surface area contributed by atoms with Gasteiger partial charge in [0.15, 0.2) is 0 Å². The maximum absolute atomic E-state index is 12.4. The van der Waals surface area contributed by atoms with Gasteiger partial charge in [0.2, 0.25) is 0 Å². The van der Waals surface area contributed by atoms with Crippen molar-refractivity contribution in [2.45, 2.75) is 20.3 Å². The summed E-state index contributed by atoms with van der Waals surface area (Å²) in [5, 5.41) is 19.9. The van der Waals surface area contributed by atoms with Gasteiger partial charge >= 0.3 is 0 Å². The number of halogens is 1. The van der Waals surface area contributed by atoms with Crippen molar-refractivity contribution in [3.8, 4) is 6.07 Å². The number of amides is 1. The number of anilines is 1. The van der Waals surface area contributed by atoms with Gasteiger partial charge < -0.3 is 5.32 Å². The van der Waals surface area contributed by atoms with Crippen molar-refractivity contribution in [1.82, 2.24) is 10.2 Å². The number of nitrogens with one attached hydrogen (secondary N) is 1. The summed E-state index contributed by atoms with van der Waals surface area (Å²) >= 11 is 3.30. The Kier molecular flexibility index (Phi) is 4.66. The van der Waals surface area contributed by atoms with E-state index in [-0.39, 0.29) is 5.91 Å². The summed E-state index contributed by atoms with van der Waals surface area (Å²) in [6.07, 6.45) is 0.613. The summed E-state index contributed by atoms with van der Waals surface area (Å²) in [4.78, 5) is 12.4. The molecule has 6 heteroatoms. The number of nitriles is 1. The Morgan fingerprint density at radius 1 is 1.38 bits per heavy atom. The van der Waals surface area contributed by atoms with E-state index in [0.29, 0.717) is 34.6 Å². The lowest BCUT2D eigenvalue weighted by Crippen LogP contribution is -2.16. The van der Waals surface area contributed by atoms with Crippen LogP contribution in [0.3, 0.4) is 0 Å². The first-order valence-corrected chi connectivity index (χ1v) is 7.18. The molecule has 0 saturated heterocycles. The number of carbonyl (C=O) groups excluding carboxylic acids is 1. The predicted octanol–water partition coefficient (Wildman–Crippen LogP) is 3.23. The fourth-order valence-electron chi connectivity index (χ4n) is 1.88. The zero-order valence-corrected chi connectivity index (χ0v) is 13.2. The van der Waals surface area contributed by atoms with E-state index in [4.69, 9.17) is 5.26 Å². The van der Waals surface area contributed by atoms with Crippen LogP contribution >= 0.6 is 15.9 Å². The van der Waals surface area contributed by atoms with E-state index in [1.54, 1.807) is 31.2 Å². The molecule has 0 fully saturated rings. The molecular formula is C15H13BrN4O. The Bertz CT molecular complexity index is 737. The lowest BCUT2D eigenvalue weighted by molar-refractivity contribution is 0.102. The maximum atomic E-state index is 12.4. The van der Waals surface area contributed by atoms with E-state index < -0.39 is 0 Å². The second-order valence-electron chi connectivity index (χ2n) is 4.46. The normalized spacial score (nSPS) is 10.0. The highest BCUT2D eigenvalue weighted by Crippen LogP contribution is 2.21. The molecule has 1 aromatic carbocycles. The lowest BCUT2D eigenvalue weighted by atomic mass is 10.1. The first-order valence-electron chi connectivity index (χ1n) is 6.39. The fourth-order valence-corrected chi connectivity index (χ4v) is 2.24. The lowest BCUT2D eigenvalue weighted by Gasteiger charge is -2.10. The molecule has 0 unspecified atom stereocenters. The average molecular weight is 345 g/mol. The molecule has 5 nitrogen and oxygen atoms in total. The molecule has 1 N–H and O–H groups in total. The van der Waals surface area contributed by atoms with Crippen LogP contribution in [0.15, 0.2) is 28.7 Å². The second kappa shape index (κ2) is 6.46. The van der Waals surface area contributed by atoms with Crippen molar-refractivity contribution in [3.05, 3.63) is 51.3 Å². The van der Waals surface area contributed by atoms with Crippen molar-refractivity contribution in [2.75, 3.05) is 5.32 Å². The number of aryl methyl sites for hydroxylation is 2. The zero-order valence-electron chi connectivity index (χ0n) is 11.6. The van der Waals surface area contributed by atoms with Gasteiger partial charge in [-0.25, -0.2) is 0 Å². The van der Waals surface area contributed by atoms with Crippen molar-refractivity contribution in [1.29, 1.82) is 5.26 Å². The second-order valence-corrected chi connectivity index (χ2v) is 5.37. The fraction of sp³-hybridized carbons (Fsp3) is 0.200. The molecule has 0 aliphatic heterocycles. The largest absolute Gasteiger partial charge is 0.321 e. The maximum Gasteiger partial charge on any atom is 0.257 e. The SMILES string of the molecule is CCc1nnc(C)cc1C(=O)Nc1ccc(Br)cc1C#N. The van der Waals surface area contributed by atoms with Gasteiger partial charge in [-0.2, -0.15) is 15.5 Å². The number of benzene rings is 1. The topological polar surface area (TPSA) is 78.7 Å². The van der Waals surface area contributed by atoms with E-state index >= 15 is 0 Å². The van der Waals surface area contributed by atoms with Gasteiger partial charge in [0.1, 0.15) is 6.07 Å². The predicted molar refractivity (Wildman–Crippen MR) is 83.0 cm³/mol. The van der Waals surface area contributed by atoms with Gasteiger partial charge in [-0.1, -0.05) is 22.9 Å². The van der Waals surface area contributed by atoms with Crippen LogP contribution in [0.4, 0.5) is 5.69 Å². The van der Waals surface area contributed by atoms with Crippen LogP contribution in [0.25, 0.3) is 0 Å². The number of hydrogen-bond donors (Lipinski definition) is 1. The van der Waals surface area contributed by atoms with E-state index in [1.165, 1.54) is 0 Å². The van der Waals surface area contributed by atoms with Crippen LogP contribution in [-0.4, -0.2) is 16.1 Å². The van der Waals surface area contributed by atoms with Gasteiger partial charge in [0, 0.05) is 4.47 Å². The van der Waals surface area contributed by atoms with E-state index in [9.17, 15) is 4.79 Å². The molecule has 0 bridgehead atoms. The minimum absolute atomic E-state index is 0.288. The molecular weight excluding hydrogens is 332 g/mol. The molecule has 0 atom stereocenters. The van der Waals surface area contributed by atoms with Gasteiger partial charge in [-0.3, -0.25) is 4.79 Å². The molecule has 1 heterocycles. The molecule has 0 aliphatic rings. The molecule has 0 aliphatic carbocycles. The van der Waals surface area contributed by atoms with Crippen molar-refractivity contribution in [2.24, 2.45) is 0 Å².